The van der Waals surface area contributed by atoms with E-state index in [1.54, 1.807) is 0 Å². The number of ether oxygens (including phenoxy) is 1. The van der Waals surface area contributed by atoms with Gasteiger partial charge in [-0.2, -0.15) is 0 Å². The topological polar surface area (TPSA) is 76.4 Å². The molecule has 0 radical (unpaired) electrons. The molecule has 9 atom stereocenters. The van der Waals surface area contributed by atoms with Crippen LogP contribution in [0.4, 0.5) is 0 Å². The molecular weight excluding hydrogens is 454 g/mol. The highest BCUT2D eigenvalue weighted by molar-refractivity contribution is 7.80. The maximum atomic E-state index is 13.2. The van der Waals surface area contributed by atoms with Gasteiger partial charge in [0.25, 0.3) is 0 Å². The first-order valence-electron chi connectivity index (χ1n) is 14.6. The standard InChI is InChI=1S/C29H49N3O2S/c1-5-34-24(33)28(4)14-8-13-27(3)21(28)12-16-29-17-23(26(2,18-29)15-11-22(27)29)32-25(35)31-20-10-7-6-9-19(20)30/h19-23H,5-18,30H2,1-4H3,(H2,31,32,35)/t19?,20?,21?,22?,23-,26+,27-,28-,29+/m1/s1. The van der Waals surface area contributed by atoms with Crippen molar-refractivity contribution in [3.8, 4) is 0 Å². The summed E-state index contributed by atoms with van der Waals surface area (Å²) >= 11 is 5.85. The van der Waals surface area contributed by atoms with Gasteiger partial charge in [-0.05, 0) is 118 Å². The summed E-state index contributed by atoms with van der Waals surface area (Å²) in [4.78, 5) is 13.2. The first-order chi connectivity index (χ1) is 16.6. The third kappa shape index (κ3) is 4.13. The van der Waals surface area contributed by atoms with E-state index in [0.717, 1.165) is 37.2 Å². The first kappa shape index (κ1) is 25.8. The van der Waals surface area contributed by atoms with Crippen LogP contribution >= 0.6 is 12.2 Å². The van der Waals surface area contributed by atoms with Crippen molar-refractivity contribution in [3.05, 3.63) is 0 Å². The third-order valence-electron chi connectivity index (χ3n) is 11.8. The van der Waals surface area contributed by atoms with Crippen molar-refractivity contribution in [2.24, 2.45) is 39.2 Å². The van der Waals surface area contributed by atoms with Crippen LogP contribution in [0, 0.1) is 33.5 Å². The fourth-order valence-electron chi connectivity index (χ4n) is 10.2. The average Bonchev–Trinajstić information content (AvgIpc) is 2.99. The highest BCUT2D eigenvalue weighted by atomic mass is 32.1. The van der Waals surface area contributed by atoms with Gasteiger partial charge in [0.1, 0.15) is 0 Å². The van der Waals surface area contributed by atoms with Gasteiger partial charge in [0.2, 0.25) is 0 Å². The lowest BCUT2D eigenvalue weighted by atomic mass is 9.40. The van der Waals surface area contributed by atoms with Crippen LogP contribution < -0.4 is 16.4 Å². The molecule has 0 aromatic rings. The van der Waals surface area contributed by atoms with E-state index in [1.807, 2.05) is 6.92 Å². The number of fused-ring (bicyclic) bond motifs is 3. The fraction of sp³-hybridized carbons (Fsp3) is 0.931. The molecule has 198 valence electrons. The Kier molecular flexibility index (Phi) is 6.73. The largest absolute Gasteiger partial charge is 0.466 e. The van der Waals surface area contributed by atoms with Crippen molar-refractivity contribution >= 4 is 23.3 Å². The maximum Gasteiger partial charge on any atom is 0.312 e. The molecule has 0 amide bonds. The molecule has 4 N–H and O–H groups in total. The van der Waals surface area contributed by atoms with Gasteiger partial charge in [-0.15, -0.1) is 0 Å². The number of hydrogen-bond donors (Lipinski definition) is 3. The van der Waals surface area contributed by atoms with Crippen molar-refractivity contribution in [3.63, 3.8) is 0 Å². The second-order valence-corrected chi connectivity index (χ2v) is 14.2. The van der Waals surface area contributed by atoms with Gasteiger partial charge < -0.3 is 21.1 Å². The molecule has 5 saturated carbocycles. The van der Waals surface area contributed by atoms with Crippen LogP contribution in [0.15, 0.2) is 0 Å². The number of carbonyl (C=O) groups is 1. The fourth-order valence-corrected chi connectivity index (χ4v) is 10.5. The first-order valence-corrected chi connectivity index (χ1v) is 15.0. The Hall–Kier alpha value is -0.880. The lowest BCUT2D eigenvalue weighted by Crippen LogP contribution is -2.58. The number of hydrogen-bond acceptors (Lipinski definition) is 4. The van der Waals surface area contributed by atoms with Crippen LogP contribution in [0.5, 0.6) is 0 Å². The molecule has 0 aliphatic heterocycles. The van der Waals surface area contributed by atoms with Gasteiger partial charge in [-0.25, -0.2) is 0 Å². The summed E-state index contributed by atoms with van der Waals surface area (Å²) < 4.78 is 5.64. The molecule has 5 aliphatic rings. The number of rotatable bonds is 4. The monoisotopic (exact) mass is 503 g/mol. The molecule has 6 heteroatoms. The molecule has 0 aromatic heterocycles. The highest BCUT2D eigenvalue weighted by Gasteiger charge is 2.68. The third-order valence-corrected chi connectivity index (χ3v) is 12.1. The van der Waals surface area contributed by atoms with Crippen molar-refractivity contribution < 1.29 is 9.53 Å². The smallest absolute Gasteiger partial charge is 0.312 e. The quantitative estimate of drug-likeness (QED) is 0.350. The molecule has 0 heterocycles. The van der Waals surface area contributed by atoms with E-state index in [4.69, 9.17) is 22.7 Å². The van der Waals surface area contributed by atoms with E-state index >= 15 is 0 Å². The summed E-state index contributed by atoms with van der Waals surface area (Å²) in [6, 6.07) is 0.938. The van der Waals surface area contributed by atoms with Crippen LogP contribution in [-0.4, -0.2) is 35.8 Å². The molecular formula is C29H49N3O2S. The minimum Gasteiger partial charge on any atom is -0.466 e. The predicted octanol–water partition coefficient (Wildman–Crippen LogP) is 5.46. The van der Waals surface area contributed by atoms with E-state index in [0.29, 0.717) is 41.4 Å². The van der Waals surface area contributed by atoms with Crippen LogP contribution in [0.2, 0.25) is 0 Å². The maximum absolute atomic E-state index is 13.2. The van der Waals surface area contributed by atoms with Gasteiger partial charge >= 0.3 is 5.97 Å². The van der Waals surface area contributed by atoms with Crippen LogP contribution in [0.3, 0.4) is 0 Å². The Bertz CT molecular complexity index is 852. The molecule has 35 heavy (non-hydrogen) atoms. The Labute approximate surface area is 218 Å². The van der Waals surface area contributed by atoms with Gasteiger partial charge in [0, 0.05) is 18.1 Å². The molecule has 0 saturated heterocycles. The molecule has 2 bridgehead atoms. The number of thiocarbonyl (C=S) groups is 1. The number of carbonyl (C=O) groups excluding carboxylic acids is 1. The van der Waals surface area contributed by atoms with Gasteiger partial charge in [0.05, 0.1) is 12.0 Å². The minimum atomic E-state index is -0.328. The summed E-state index contributed by atoms with van der Waals surface area (Å²) in [5, 5.41) is 8.22. The molecule has 1 spiro atoms. The zero-order chi connectivity index (χ0) is 25.1. The Balaban J connectivity index is 1.33. The second-order valence-electron chi connectivity index (χ2n) is 13.8. The van der Waals surface area contributed by atoms with Gasteiger partial charge in [-0.3, -0.25) is 4.79 Å². The van der Waals surface area contributed by atoms with E-state index in [1.165, 1.54) is 51.4 Å². The number of nitrogens with two attached hydrogens (primary N) is 1. The van der Waals surface area contributed by atoms with Crippen LogP contribution in [-0.2, 0) is 9.53 Å². The van der Waals surface area contributed by atoms with Crippen molar-refractivity contribution in [1.82, 2.24) is 10.6 Å². The van der Waals surface area contributed by atoms with Gasteiger partial charge in [0.15, 0.2) is 5.11 Å². The highest BCUT2D eigenvalue weighted by Crippen LogP contribution is 2.73. The molecule has 5 nitrogen and oxygen atoms in total. The summed E-state index contributed by atoms with van der Waals surface area (Å²) in [5.41, 5.74) is 6.95. The Morgan fingerprint density at radius 3 is 2.46 bits per heavy atom. The van der Waals surface area contributed by atoms with Gasteiger partial charge in [-0.1, -0.05) is 33.1 Å². The molecule has 0 aromatic carbocycles. The van der Waals surface area contributed by atoms with E-state index < -0.39 is 0 Å². The molecule has 5 aliphatic carbocycles. The normalized spacial score (nSPS) is 48.9. The molecule has 5 fully saturated rings. The molecule has 4 unspecified atom stereocenters. The summed E-state index contributed by atoms with van der Waals surface area (Å²) in [6.45, 7) is 9.68. The Morgan fingerprint density at radius 1 is 0.971 bits per heavy atom. The predicted molar refractivity (Wildman–Crippen MR) is 145 cm³/mol. The van der Waals surface area contributed by atoms with Crippen molar-refractivity contribution in [2.45, 2.75) is 129 Å². The van der Waals surface area contributed by atoms with Crippen LogP contribution in [0.1, 0.15) is 111 Å². The van der Waals surface area contributed by atoms with Crippen LogP contribution in [0.25, 0.3) is 0 Å². The SMILES string of the molecule is CCOC(=O)[C@]1(C)CCC[C@@]2(C)C3CC[C@@]4(C)C[C@]3(CCC21)C[C@H]4NC(=S)NC1CCCCC1N. The number of esters is 1. The lowest BCUT2D eigenvalue weighted by molar-refractivity contribution is -0.187. The lowest BCUT2D eigenvalue weighted by Gasteiger charge is -2.64. The minimum absolute atomic E-state index is 0.0517. The van der Waals surface area contributed by atoms with E-state index in [2.05, 4.69) is 31.4 Å². The van der Waals surface area contributed by atoms with Crippen molar-refractivity contribution in [2.75, 3.05) is 6.61 Å². The molecule has 5 rings (SSSR count). The average molecular weight is 504 g/mol. The van der Waals surface area contributed by atoms with E-state index in [-0.39, 0.29) is 22.8 Å². The summed E-state index contributed by atoms with van der Waals surface area (Å²) in [6.07, 6.45) is 15.5. The summed E-state index contributed by atoms with van der Waals surface area (Å²) in [7, 11) is 0. The van der Waals surface area contributed by atoms with Crippen molar-refractivity contribution in [1.29, 1.82) is 0 Å². The zero-order valence-electron chi connectivity index (χ0n) is 22.6. The van der Waals surface area contributed by atoms with E-state index in [9.17, 15) is 4.79 Å². The number of nitrogens with one attached hydrogen (secondary N) is 2. The summed E-state index contributed by atoms with van der Waals surface area (Å²) in [5.74, 6) is 1.18. The Morgan fingerprint density at radius 2 is 1.71 bits per heavy atom. The second kappa shape index (κ2) is 9.15. The zero-order valence-corrected chi connectivity index (χ0v) is 23.4.